The number of nitrogens with one attached hydrogen (secondary N) is 1. The van der Waals surface area contributed by atoms with Gasteiger partial charge in [-0.25, -0.2) is 13.1 Å². The van der Waals surface area contributed by atoms with Gasteiger partial charge in [-0.2, -0.15) is 0 Å². The van der Waals surface area contributed by atoms with Crippen molar-refractivity contribution in [1.82, 2.24) is 4.72 Å². The Labute approximate surface area is 123 Å². The second-order valence-electron chi connectivity index (χ2n) is 6.03. The van der Waals surface area contributed by atoms with Crippen LogP contribution in [-0.2, 0) is 10.0 Å². The topological polar surface area (TPSA) is 115 Å². The Morgan fingerprint density at radius 2 is 2.10 bits per heavy atom. The number of nitrogen functional groups attached to an aromatic ring is 1. The molecule has 1 atom stereocenters. The van der Waals surface area contributed by atoms with Gasteiger partial charge in [-0.1, -0.05) is 20.3 Å². The van der Waals surface area contributed by atoms with Crippen LogP contribution in [0.25, 0.3) is 0 Å². The summed E-state index contributed by atoms with van der Waals surface area (Å²) in [6.07, 6.45) is 2.72. The summed E-state index contributed by atoms with van der Waals surface area (Å²) in [6, 6.07) is 3.31. The number of anilines is 1. The van der Waals surface area contributed by atoms with E-state index in [2.05, 4.69) is 4.72 Å². The molecule has 0 bridgehead atoms. The van der Waals surface area contributed by atoms with Gasteiger partial charge in [0, 0.05) is 12.1 Å². The third-order valence-corrected chi connectivity index (χ3v) is 5.53. The molecule has 1 unspecified atom stereocenters. The van der Waals surface area contributed by atoms with Gasteiger partial charge in [0.1, 0.15) is 5.69 Å². The lowest BCUT2D eigenvalue weighted by atomic mass is 9.88. The minimum Gasteiger partial charge on any atom is -0.393 e. The minimum absolute atomic E-state index is 0.0479. The molecule has 1 fully saturated rings. The second-order valence-corrected chi connectivity index (χ2v) is 7.75. The van der Waals surface area contributed by atoms with Crippen molar-refractivity contribution >= 4 is 21.4 Å². The van der Waals surface area contributed by atoms with Crippen molar-refractivity contribution in [2.24, 2.45) is 5.41 Å². The van der Waals surface area contributed by atoms with E-state index in [1.54, 1.807) is 0 Å². The normalized spacial score (nSPS) is 21.3. The van der Waals surface area contributed by atoms with Crippen molar-refractivity contribution in [3.63, 3.8) is 0 Å². The fraction of sp³-hybridized carbons (Fsp3) is 0.538. The van der Waals surface area contributed by atoms with Crippen molar-refractivity contribution < 1.29 is 13.3 Å². The maximum atomic E-state index is 12.4. The summed E-state index contributed by atoms with van der Waals surface area (Å²) in [4.78, 5) is 10.0. The molecule has 0 aromatic heterocycles. The molecule has 1 saturated carbocycles. The highest BCUT2D eigenvalue weighted by molar-refractivity contribution is 7.89. The van der Waals surface area contributed by atoms with Gasteiger partial charge in [0.25, 0.3) is 5.69 Å². The molecule has 21 heavy (non-hydrogen) atoms. The van der Waals surface area contributed by atoms with Crippen LogP contribution in [0.3, 0.4) is 0 Å². The molecule has 0 amide bonds. The molecular formula is C13H19N3O4S. The van der Waals surface area contributed by atoms with E-state index in [-0.39, 0.29) is 27.7 Å². The summed E-state index contributed by atoms with van der Waals surface area (Å²) in [5.41, 5.74) is 4.99. The largest absolute Gasteiger partial charge is 0.393 e. The average Bonchev–Trinajstić information content (AvgIpc) is 2.67. The Balaban J connectivity index is 2.28. The first-order chi connectivity index (χ1) is 9.63. The maximum absolute atomic E-state index is 12.4. The first kappa shape index (κ1) is 15.7. The fourth-order valence-electron chi connectivity index (χ4n) is 2.67. The lowest BCUT2D eigenvalue weighted by Crippen LogP contribution is -2.41. The summed E-state index contributed by atoms with van der Waals surface area (Å²) in [5, 5.41) is 10.7. The molecule has 0 heterocycles. The van der Waals surface area contributed by atoms with Crippen LogP contribution >= 0.6 is 0 Å². The van der Waals surface area contributed by atoms with Crippen molar-refractivity contribution in [1.29, 1.82) is 0 Å². The third kappa shape index (κ3) is 3.16. The summed E-state index contributed by atoms with van der Waals surface area (Å²) < 4.78 is 27.4. The van der Waals surface area contributed by atoms with E-state index >= 15 is 0 Å². The van der Waals surface area contributed by atoms with Crippen LogP contribution in [0.2, 0.25) is 0 Å². The smallest absolute Gasteiger partial charge is 0.292 e. The minimum atomic E-state index is -3.73. The standard InChI is InChI=1S/C13H19N3O4S/c1-13(2)7-3-4-12(13)15-21(19,20)9-5-6-11(16(17)18)10(14)8-9/h5-6,8,12,15H,3-4,7,14H2,1-2H3. The van der Waals surface area contributed by atoms with E-state index in [9.17, 15) is 18.5 Å². The zero-order valence-electron chi connectivity index (χ0n) is 12.0. The van der Waals surface area contributed by atoms with Crippen LogP contribution in [0.15, 0.2) is 23.1 Å². The highest BCUT2D eigenvalue weighted by Crippen LogP contribution is 2.38. The van der Waals surface area contributed by atoms with Crippen LogP contribution in [0.4, 0.5) is 11.4 Å². The van der Waals surface area contributed by atoms with Crippen molar-refractivity contribution in [3.05, 3.63) is 28.3 Å². The zero-order chi connectivity index (χ0) is 15.8. The number of nitro benzene ring substituents is 1. The number of rotatable bonds is 4. The molecule has 1 aliphatic rings. The SMILES string of the molecule is CC1(C)CCCC1NS(=O)(=O)c1ccc([N+](=O)[O-])c(N)c1. The molecule has 0 saturated heterocycles. The highest BCUT2D eigenvalue weighted by atomic mass is 32.2. The molecule has 0 radical (unpaired) electrons. The Morgan fingerprint density at radius 3 is 2.57 bits per heavy atom. The van der Waals surface area contributed by atoms with Gasteiger partial charge in [-0.15, -0.1) is 0 Å². The Morgan fingerprint density at radius 1 is 1.43 bits per heavy atom. The third-order valence-electron chi connectivity index (χ3n) is 4.06. The summed E-state index contributed by atoms with van der Waals surface area (Å²) in [5.74, 6) is 0. The average molecular weight is 313 g/mol. The molecular weight excluding hydrogens is 294 g/mol. The number of hydrogen-bond donors (Lipinski definition) is 2. The van der Waals surface area contributed by atoms with Crippen LogP contribution in [0.1, 0.15) is 33.1 Å². The van der Waals surface area contributed by atoms with E-state index < -0.39 is 14.9 Å². The molecule has 2 rings (SSSR count). The predicted octanol–water partition coefficient (Wildman–Crippen LogP) is 2.03. The van der Waals surface area contributed by atoms with E-state index in [0.29, 0.717) is 0 Å². The quantitative estimate of drug-likeness (QED) is 0.501. The van der Waals surface area contributed by atoms with Gasteiger partial charge in [-0.3, -0.25) is 10.1 Å². The number of nitrogens with zero attached hydrogens (tertiary/aromatic N) is 1. The number of hydrogen-bond acceptors (Lipinski definition) is 5. The Hall–Kier alpha value is -1.67. The van der Waals surface area contributed by atoms with Gasteiger partial charge in [0.2, 0.25) is 10.0 Å². The maximum Gasteiger partial charge on any atom is 0.292 e. The van der Waals surface area contributed by atoms with Gasteiger partial charge >= 0.3 is 0 Å². The highest BCUT2D eigenvalue weighted by Gasteiger charge is 2.37. The van der Waals surface area contributed by atoms with Crippen molar-refractivity contribution in [2.75, 3.05) is 5.73 Å². The van der Waals surface area contributed by atoms with Crippen LogP contribution in [0.5, 0.6) is 0 Å². The van der Waals surface area contributed by atoms with Gasteiger partial charge in [0.15, 0.2) is 0 Å². The molecule has 1 aromatic carbocycles. The van der Waals surface area contributed by atoms with Crippen molar-refractivity contribution in [3.8, 4) is 0 Å². The van der Waals surface area contributed by atoms with Crippen LogP contribution in [0, 0.1) is 15.5 Å². The summed E-state index contributed by atoms with van der Waals surface area (Å²) in [7, 11) is -3.73. The fourth-order valence-corrected chi connectivity index (χ4v) is 4.14. The Kier molecular flexibility index (Phi) is 3.94. The number of nitro groups is 1. The molecule has 0 aliphatic heterocycles. The van der Waals surface area contributed by atoms with Crippen molar-refractivity contribution in [2.45, 2.75) is 44.0 Å². The first-order valence-corrected chi connectivity index (χ1v) is 8.18. The molecule has 1 aromatic rings. The molecule has 0 spiro atoms. The lowest BCUT2D eigenvalue weighted by Gasteiger charge is -2.27. The van der Waals surface area contributed by atoms with E-state index in [1.807, 2.05) is 13.8 Å². The van der Waals surface area contributed by atoms with Gasteiger partial charge in [-0.05, 0) is 30.4 Å². The molecule has 1 aliphatic carbocycles. The second kappa shape index (κ2) is 5.27. The summed E-state index contributed by atoms with van der Waals surface area (Å²) >= 11 is 0. The number of nitrogens with two attached hydrogens (primary N) is 1. The molecule has 8 heteroatoms. The first-order valence-electron chi connectivity index (χ1n) is 6.70. The van der Waals surface area contributed by atoms with E-state index in [1.165, 1.54) is 6.07 Å². The zero-order valence-corrected chi connectivity index (χ0v) is 12.8. The number of benzene rings is 1. The van der Waals surface area contributed by atoms with E-state index in [4.69, 9.17) is 5.73 Å². The molecule has 7 nitrogen and oxygen atoms in total. The summed E-state index contributed by atoms with van der Waals surface area (Å²) in [6.45, 7) is 4.05. The monoisotopic (exact) mass is 313 g/mol. The van der Waals surface area contributed by atoms with Gasteiger partial charge in [0.05, 0.1) is 9.82 Å². The predicted molar refractivity (Wildman–Crippen MR) is 79.3 cm³/mol. The molecule has 3 N–H and O–H groups in total. The van der Waals surface area contributed by atoms with Crippen LogP contribution in [-0.4, -0.2) is 19.4 Å². The number of sulfonamides is 1. The van der Waals surface area contributed by atoms with E-state index in [0.717, 1.165) is 31.4 Å². The Bertz CT molecular complexity index is 670. The van der Waals surface area contributed by atoms with Gasteiger partial charge < -0.3 is 5.73 Å². The van der Waals surface area contributed by atoms with Crippen LogP contribution < -0.4 is 10.5 Å². The molecule has 116 valence electrons. The lowest BCUT2D eigenvalue weighted by molar-refractivity contribution is -0.383.